The average molecular weight is 416 g/mol. The Balaban J connectivity index is 1.26. The van der Waals surface area contributed by atoms with Gasteiger partial charge in [0.2, 0.25) is 11.8 Å². The summed E-state index contributed by atoms with van der Waals surface area (Å²) in [5.41, 5.74) is 4.75. The van der Waals surface area contributed by atoms with Gasteiger partial charge in [-0.2, -0.15) is 10.1 Å². The van der Waals surface area contributed by atoms with E-state index >= 15 is 0 Å². The molecule has 0 aliphatic carbocycles. The quantitative estimate of drug-likeness (QED) is 0.707. The molecule has 0 saturated carbocycles. The molecule has 0 radical (unpaired) electrons. The lowest BCUT2D eigenvalue weighted by Crippen LogP contribution is -2.42. The Morgan fingerprint density at radius 2 is 1.87 bits per heavy atom. The number of fused-ring (bicyclic) bond motifs is 5. The Kier molecular flexibility index (Phi) is 4.31. The standard InChI is InChI=1S/C24H24N4O3/c1-28-23(29)9-15(12-25-28)14-2-5-20-16(8-14)13-30-24-21(20)6-7-22(27-24)31-19-10-17-3-4-18(11-19)26-17/h2,5-9,12,17-19,26H,3-4,10-11,13H2,1H3/t17-,18+,19-. The molecule has 1 N–H and O–H groups in total. The molecule has 3 atom stereocenters. The molecule has 2 aromatic heterocycles. The first-order valence-corrected chi connectivity index (χ1v) is 10.9. The van der Waals surface area contributed by atoms with Crippen molar-refractivity contribution in [3.63, 3.8) is 0 Å². The van der Waals surface area contributed by atoms with Crippen molar-refractivity contribution in [2.45, 2.75) is 50.5 Å². The molecule has 7 heteroatoms. The van der Waals surface area contributed by atoms with Gasteiger partial charge >= 0.3 is 0 Å². The van der Waals surface area contributed by atoms with E-state index in [4.69, 9.17) is 9.47 Å². The molecule has 1 aromatic carbocycles. The van der Waals surface area contributed by atoms with Crippen molar-refractivity contribution in [2.75, 3.05) is 0 Å². The van der Waals surface area contributed by atoms with Crippen LogP contribution in [0.3, 0.4) is 0 Å². The molecule has 6 rings (SSSR count). The summed E-state index contributed by atoms with van der Waals surface area (Å²) in [4.78, 5) is 16.6. The number of ether oxygens (including phenoxy) is 2. The van der Waals surface area contributed by atoms with Gasteiger partial charge in [-0.1, -0.05) is 12.1 Å². The van der Waals surface area contributed by atoms with Crippen LogP contribution in [0.2, 0.25) is 0 Å². The van der Waals surface area contributed by atoms with Gasteiger partial charge in [0.25, 0.3) is 5.56 Å². The van der Waals surface area contributed by atoms with E-state index in [0.29, 0.717) is 30.5 Å². The number of pyridine rings is 1. The molecule has 2 fully saturated rings. The van der Waals surface area contributed by atoms with E-state index in [1.54, 1.807) is 19.3 Å². The zero-order valence-electron chi connectivity index (χ0n) is 17.4. The number of benzene rings is 1. The van der Waals surface area contributed by atoms with E-state index in [2.05, 4.69) is 27.5 Å². The van der Waals surface area contributed by atoms with Crippen LogP contribution in [0.1, 0.15) is 31.2 Å². The van der Waals surface area contributed by atoms with Gasteiger partial charge in [-0.15, -0.1) is 0 Å². The number of aryl methyl sites for hydroxylation is 1. The summed E-state index contributed by atoms with van der Waals surface area (Å²) in [5, 5.41) is 7.76. The van der Waals surface area contributed by atoms with Crippen molar-refractivity contribution >= 4 is 0 Å². The predicted molar refractivity (Wildman–Crippen MR) is 116 cm³/mol. The maximum Gasteiger partial charge on any atom is 0.267 e. The molecule has 31 heavy (non-hydrogen) atoms. The van der Waals surface area contributed by atoms with Gasteiger partial charge in [-0.05, 0) is 54.5 Å². The van der Waals surface area contributed by atoms with Crippen molar-refractivity contribution in [1.82, 2.24) is 20.1 Å². The summed E-state index contributed by atoms with van der Waals surface area (Å²) >= 11 is 0. The van der Waals surface area contributed by atoms with Crippen LogP contribution in [0.5, 0.6) is 11.8 Å². The first-order chi connectivity index (χ1) is 15.1. The lowest BCUT2D eigenvalue weighted by atomic mass is 9.95. The summed E-state index contributed by atoms with van der Waals surface area (Å²) < 4.78 is 13.5. The molecule has 0 amide bonds. The van der Waals surface area contributed by atoms with Gasteiger partial charge in [0.15, 0.2) is 0 Å². The molecule has 3 aliphatic rings. The van der Waals surface area contributed by atoms with Crippen molar-refractivity contribution < 1.29 is 9.47 Å². The van der Waals surface area contributed by atoms with E-state index in [-0.39, 0.29) is 11.7 Å². The monoisotopic (exact) mass is 416 g/mol. The molecular formula is C24H24N4O3. The van der Waals surface area contributed by atoms with E-state index in [9.17, 15) is 4.79 Å². The predicted octanol–water partition coefficient (Wildman–Crippen LogP) is 3.06. The fourth-order valence-electron chi connectivity index (χ4n) is 5.01. The maximum atomic E-state index is 11.9. The smallest absolute Gasteiger partial charge is 0.267 e. The Labute approximate surface area is 180 Å². The van der Waals surface area contributed by atoms with Gasteiger partial charge in [-0.3, -0.25) is 4.79 Å². The van der Waals surface area contributed by atoms with Crippen molar-refractivity contribution in [2.24, 2.45) is 7.05 Å². The maximum absolute atomic E-state index is 11.9. The normalized spacial score (nSPS) is 23.6. The van der Waals surface area contributed by atoms with Crippen LogP contribution in [0.15, 0.2) is 47.4 Å². The Bertz CT molecular complexity index is 1210. The van der Waals surface area contributed by atoms with Crippen LogP contribution in [0, 0.1) is 0 Å². The average Bonchev–Trinajstić information content (AvgIpc) is 3.13. The van der Waals surface area contributed by atoms with Gasteiger partial charge in [0.1, 0.15) is 12.7 Å². The number of rotatable bonds is 3. The second kappa shape index (κ2) is 7.20. The van der Waals surface area contributed by atoms with Crippen LogP contribution in [-0.2, 0) is 13.7 Å². The van der Waals surface area contributed by atoms with Crippen LogP contribution in [-0.4, -0.2) is 33.0 Å². The SMILES string of the molecule is Cn1ncc(-c2ccc3c(c2)COc2nc(O[C@@H]4C[C@H]5CC[C@@H](C4)N5)ccc2-3)cc1=O. The zero-order chi connectivity index (χ0) is 20.9. The second-order valence-electron chi connectivity index (χ2n) is 8.72. The summed E-state index contributed by atoms with van der Waals surface area (Å²) in [6.07, 6.45) is 6.50. The first-order valence-electron chi connectivity index (χ1n) is 10.9. The topological polar surface area (TPSA) is 78.3 Å². The molecule has 2 bridgehead atoms. The minimum atomic E-state index is -0.129. The third-order valence-corrected chi connectivity index (χ3v) is 6.61. The Hall–Kier alpha value is -3.19. The molecule has 3 aliphatic heterocycles. The van der Waals surface area contributed by atoms with Crippen molar-refractivity contribution in [3.05, 3.63) is 58.5 Å². The van der Waals surface area contributed by atoms with Gasteiger partial charge in [0, 0.05) is 42.4 Å². The van der Waals surface area contributed by atoms with Crippen LogP contribution in [0.4, 0.5) is 0 Å². The van der Waals surface area contributed by atoms with Crippen molar-refractivity contribution in [3.8, 4) is 34.0 Å². The number of piperidine rings is 1. The Morgan fingerprint density at radius 1 is 1.06 bits per heavy atom. The van der Waals surface area contributed by atoms with Gasteiger partial charge in [-0.25, -0.2) is 4.68 Å². The summed E-state index contributed by atoms with van der Waals surface area (Å²) in [6, 6.07) is 12.9. The number of hydrogen-bond donors (Lipinski definition) is 1. The molecule has 5 heterocycles. The highest BCUT2D eigenvalue weighted by atomic mass is 16.5. The lowest BCUT2D eigenvalue weighted by Gasteiger charge is -2.29. The van der Waals surface area contributed by atoms with Gasteiger partial charge in [0.05, 0.1) is 6.20 Å². The fourth-order valence-corrected chi connectivity index (χ4v) is 5.01. The lowest BCUT2D eigenvalue weighted by molar-refractivity contribution is 0.130. The molecule has 7 nitrogen and oxygen atoms in total. The molecule has 158 valence electrons. The fraction of sp³-hybridized carbons (Fsp3) is 0.375. The minimum absolute atomic E-state index is 0.129. The van der Waals surface area contributed by atoms with E-state index in [1.165, 1.54) is 17.5 Å². The Morgan fingerprint density at radius 3 is 2.68 bits per heavy atom. The number of hydrogen-bond acceptors (Lipinski definition) is 6. The summed E-state index contributed by atoms with van der Waals surface area (Å²) in [6.45, 7) is 0.433. The van der Waals surface area contributed by atoms with Crippen LogP contribution in [0.25, 0.3) is 22.3 Å². The van der Waals surface area contributed by atoms with Crippen LogP contribution >= 0.6 is 0 Å². The number of nitrogens with one attached hydrogen (secondary N) is 1. The second-order valence-corrected chi connectivity index (χ2v) is 8.72. The highest BCUT2D eigenvalue weighted by Crippen LogP contribution is 2.39. The highest BCUT2D eigenvalue weighted by molar-refractivity contribution is 5.77. The third kappa shape index (κ3) is 3.39. The van der Waals surface area contributed by atoms with E-state index in [1.807, 2.05) is 18.2 Å². The van der Waals surface area contributed by atoms with Gasteiger partial charge < -0.3 is 14.8 Å². The molecule has 3 aromatic rings. The zero-order valence-corrected chi connectivity index (χ0v) is 17.4. The molecule has 2 saturated heterocycles. The molecule has 0 unspecified atom stereocenters. The van der Waals surface area contributed by atoms with Crippen molar-refractivity contribution in [1.29, 1.82) is 0 Å². The number of nitrogens with zero attached hydrogens (tertiary/aromatic N) is 3. The van der Waals surface area contributed by atoms with Crippen LogP contribution < -0.4 is 20.3 Å². The summed E-state index contributed by atoms with van der Waals surface area (Å²) in [7, 11) is 1.64. The minimum Gasteiger partial charge on any atom is -0.474 e. The summed E-state index contributed by atoms with van der Waals surface area (Å²) in [5.74, 6) is 1.25. The third-order valence-electron chi connectivity index (χ3n) is 6.61. The highest BCUT2D eigenvalue weighted by Gasteiger charge is 2.34. The largest absolute Gasteiger partial charge is 0.474 e. The van der Waals surface area contributed by atoms with E-state index < -0.39 is 0 Å². The number of aromatic nitrogens is 3. The molecule has 0 spiro atoms. The first kappa shape index (κ1) is 18.6. The van der Waals surface area contributed by atoms with E-state index in [0.717, 1.165) is 40.7 Å². The molecular weight excluding hydrogens is 392 g/mol.